The highest BCUT2D eigenvalue weighted by atomic mass is 32.2. The molecule has 0 aliphatic carbocycles. The van der Waals surface area contributed by atoms with Gasteiger partial charge in [0.2, 0.25) is 16.0 Å². The van der Waals surface area contributed by atoms with Crippen molar-refractivity contribution in [3.8, 4) is 5.75 Å². The van der Waals surface area contributed by atoms with Gasteiger partial charge in [0, 0.05) is 50.7 Å². The van der Waals surface area contributed by atoms with E-state index >= 15 is 0 Å². The predicted octanol–water partition coefficient (Wildman–Crippen LogP) is 1.93. The van der Waals surface area contributed by atoms with E-state index in [4.69, 9.17) is 4.74 Å². The summed E-state index contributed by atoms with van der Waals surface area (Å²) < 4.78 is 32.4. The van der Waals surface area contributed by atoms with Crippen molar-refractivity contribution in [3.05, 3.63) is 48.3 Å². The Bertz CT molecular complexity index is 946. The normalized spacial score (nSPS) is 14.8. The number of rotatable bonds is 11. The molecule has 0 atom stereocenters. The summed E-state index contributed by atoms with van der Waals surface area (Å²) in [6, 6.07) is 8.72. The Morgan fingerprint density at radius 2 is 1.75 bits per heavy atom. The number of piperazine rings is 1. The molecule has 1 N–H and O–H groups in total. The van der Waals surface area contributed by atoms with Gasteiger partial charge in [-0.05, 0) is 43.2 Å². The monoisotopic (exact) mass is 461 g/mol. The first kappa shape index (κ1) is 23.9. The van der Waals surface area contributed by atoms with Gasteiger partial charge in [-0.1, -0.05) is 13.3 Å². The topological polar surface area (TPSA) is 105 Å². The molecule has 2 heterocycles. The van der Waals surface area contributed by atoms with Crippen molar-refractivity contribution in [2.24, 2.45) is 0 Å². The van der Waals surface area contributed by atoms with Crippen LogP contribution in [0.15, 0.2) is 42.7 Å². The summed E-state index contributed by atoms with van der Waals surface area (Å²) in [4.78, 5) is 22.7. The van der Waals surface area contributed by atoms with Crippen LogP contribution < -0.4 is 15.0 Å². The van der Waals surface area contributed by atoms with Crippen molar-refractivity contribution in [2.75, 3.05) is 50.0 Å². The summed E-state index contributed by atoms with van der Waals surface area (Å²) in [6.45, 7) is 4.97. The minimum Gasteiger partial charge on any atom is -0.494 e. The Balaban J connectivity index is 1.38. The molecule has 1 aromatic heterocycles. The fourth-order valence-electron chi connectivity index (χ4n) is 3.35. The molecule has 174 valence electrons. The van der Waals surface area contributed by atoms with Crippen LogP contribution in [0.2, 0.25) is 0 Å². The van der Waals surface area contributed by atoms with Gasteiger partial charge in [0.05, 0.1) is 12.4 Å². The average molecular weight is 462 g/mol. The number of carbonyl (C=O) groups is 1. The third kappa shape index (κ3) is 6.89. The van der Waals surface area contributed by atoms with Gasteiger partial charge in [0.1, 0.15) is 5.75 Å². The number of ether oxygens (including phenoxy) is 1. The van der Waals surface area contributed by atoms with Gasteiger partial charge in [-0.15, -0.1) is 0 Å². The van der Waals surface area contributed by atoms with E-state index in [1.165, 1.54) is 4.31 Å². The maximum absolute atomic E-state index is 12.6. The van der Waals surface area contributed by atoms with E-state index in [1.54, 1.807) is 42.7 Å². The number of carbonyl (C=O) groups excluding carboxylic acids is 1. The number of benzene rings is 1. The number of nitrogens with zero attached hydrogens (tertiary/aromatic N) is 4. The van der Waals surface area contributed by atoms with Crippen molar-refractivity contribution < 1.29 is 17.9 Å². The molecule has 1 aliphatic rings. The molecule has 0 bridgehead atoms. The molecule has 9 nitrogen and oxygen atoms in total. The van der Waals surface area contributed by atoms with Crippen LogP contribution in [-0.2, 0) is 10.0 Å². The van der Waals surface area contributed by atoms with Gasteiger partial charge in [0.25, 0.3) is 5.91 Å². The highest BCUT2D eigenvalue weighted by Crippen LogP contribution is 2.14. The second-order valence-electron chi connectivity index (χ2n) is 7.59. The van der Waals surface area contributed by atoms with Crippen LogP contribution in [0.3, 0.4) is 0 Å². The first-order valence-electron chi connectivity index (χ1n) is 11.0. The Morgan fingerprint density at radius 1 is 1.06 bits per heavy atom. The molecule has 3 rings (SSSR count). The molecular weight excluding hydrogens is 430 g/mol. The van der Waals surface area contributed by atoms with E-state index in [0.29, 0.717) is 57.3 Å². The van der Waals surface area contributed by atoms with Gasteiger partial charge >= 0.3 is 0 Å². The number of nitrogens with one attached hydrogen (secondary N) is 1. The second kappa shape index (κ2) is 11.8. The zero-order valence-corrected chi connectivity index (χ0v) is 19.3. The lowest BCUT2D eigenvalue weighted by Crippen LogP contribution is -2.49. The van der Waals surface area contributed by atoms with Crippen molar-refractivity contribution in [3.63, 3.8) is 0 Å². The lowest BCUT2D eigenvalue weighted by Gasteiger charge is -2.33. The summed E-state index contributed by atoms with van der Waals surface area (Å²) in [5.41, 5.74) is 0.523. The van der Waals surface area contributed by atoms with Gasteiger partial charge in [-0.3, -0.25) is 4.79 Å². The van der Waals surface area contributed by atoms with Gasteiger partial charge in [0.15, 0.2) is 0 Å². The average Bonchev–Trinajstić information content (AvgIpc) is 2.83. The molecule has 32 heavy (non-hydrogen) atoms. The van der Waals surface area contributed by atoms with Crippen LogP contribution in [0.4, 0.5) is 5.95 Å². The summed E-state index contributed by atoms with van der Waals surface area (Å²) in [6.07, 6.45) is 5.76. The van der Waals surface area contributed by atoms with E-state index in [2.05, 4.69) is 22.2 Å². The molecule has 1 aromatic carbocycles. The number of hydrogen-bond donors (Lipinski definition) is 1. The number of sulfonamides is 1. The van der Waals surface area contributed by atoms with Crippen molar-refractivity contribution in [2.45, 2.75) is 26.2 Å². The van der Waals surface area contributed by atoms with Crippen molar-refractivity contribution in [1.82, 2.24) is 19.6 Å². The third-order valence-corrected chi connectivity index (χ3v) is 7.17. The van der Waals surface area contributed by atoms with E-state index in [9.17, 15) is 13.2 Å². The second-order valence-corrected chi connectivity index (χ2v) is 9.68. The van der Waals surface area contributed by atoms with Gasteiger partial charge in [-0.25, -0.2) is 18.4 Å². The highest BCUT2D eigenvalue weighted by molar-refractivity contribution is 7.89. The summed E-state index contributed by atoms with van der Waals surface area (Å²) >= 11 is 0. The van der Waals surface area contributed by atoms with E-state index < -0.39 is 10.0 Å². The quantitative estimate of drug-likeness (QED) is 0.510. The molecular formula is C22H31N5O4S. The molecule has 0 spiro atoms. The summed E-state index contributed by atoms with van der Waals surface area (Å²) in [7, 11) is -3.37. The summed E-state index contributed by atoms with van der Waals surface area (Å²) in [5.74, 6) is 1.13. The zero-order valence-electron chi connectivity index (χ0n) is 18.4. The maximum atomic E-state index is 12.6. The fraction of sp³-hybridized carbons (Fsp3) is 0.500. The van der Waals surface area contributed by atoms with Crippen LogP contribution in [0.25, 0.3) is 0 Å². The highest BCUT2D eigenvalue weighted by Gasteiger charge is 2.27. The molecule has 1 saturated heterocycles. The third-order valence-electron chi connectivity index (χ3n) is 5.21. The van der Waals surface area contributed by atoms with E-state index in [-0.39, 0.29) is 11.7 Å². The fourth-order valence-corrected chi connectivity index (χ4v) is 4.83. The predicted molar refractivity (Wildman–Crippen MR) is 123 cm³/mol. The number of unbranched alkanes of at least 4 members (excludes halogenated alkanes) is 1. The Morgan fingerprint density at radius 3 is 2.41 bits per heavy atom. The van der Waals surface area contributed by atoms with Crippen LogP contribution in [0.5, 0.6) is 5.75 Å². The maximum Gasteiger partial charge on any atom is 0.251 e. The molecule has 1 aliphatic heterocycles. The largest absolute Gasteiger partial charge is 0.494 e. The zero-order chi connectivity index (χ0) is 22.8. The number of anilines is 1. The first-order chi connectivity index (χ1) is 15.5. The first-order valence-corrected chi connectivity index (χ1v) is 12.6. The smallest absolute Gasteiger partial charge is 0.251 e. The molecule has 0 radical (unpaired) electrons. The molecule has 2 aromatic rings. The molecule has 0 saturated carbocycles. The van der Waals surface area contributed by atoms with Gasteiger partial charge < -0.3 is 15.0 Å². The van der Waals surface area contributed by atoms with Crippen LogP contribution >= 0.6 is 0 Å². The van der Waals surface area contributed by atoms with Crippen molar-refractivity contribution >= 4 is 21.9 Å². The molecule has 0 unspecified atom stereocenters. The van der Waals surface area contributed by atoms with Gasteiger partial charge in [-0.2, -0.15) is 4.31 Å². The summed E-state index contributed by atoms with van der Waals surface area (Å²) in [5, 5.41) is 2.79. The Labute approximate surface area is 189 Å². The van der Waals surface area contributed by atoms with E-state index in [0.717, 1.165) is 18.6 Å². The Kier molecular flexibility index (Phi) is 8.81. The molecule has 10 heteroatoms. The lowest BCUT2D eigenvalue weighted by molar-refractivity contribution is 0.0953. The number of amides is 1. The minimum absolute atomic E-state index is 0.000671. The minimum atomic E-state index is -3.37. The number of hydrogen-bond acceptors (Lipinski definition) is 7. The molecule has 1 fully saturated rings. The van der Waals surface area contributed by atoms with E-state index in [1.807, 2.05) is 4.90 Å². The van der Waals surface area contributed by atoms with Crippen LogP contribution in [0, 0.1) is 0 Å². The van der Waals surface area contributed by atoms with Crippen molar-refractivity contribution in [1.29, 1.82) is 0 Å². The Hall–Kier alpha value is -2.72. The standard InChI is InChI=1S/C22H31N5O4S/c1-2-3-17-31-20-8-6-19(7-9-20)21(28)23-12-5-18-32(29,30)27-15-13-26(14-16-27)22-24-10-4-11-25-22/h4,6-11H,2-3,5,12-18H2,1H3,(H,23,28). The lowest BCUT2D eigenvalue weighted by atomic mass is 10.2. The molecule has 1 amide bonds. The SMILES string of the molecule is CCCCOc1ccc(C(=O)NCCCS(=O)(=O)N2CCN(c3ncccn3)CC2)cc1. The van der Waals surface area contributed by atoms with Crippen LogP contribution in [0.1, 0.15) is 36.5 Å². The van der Waals surface area contributed by atoms with Crippen LogP contribution in [-0.4, -0.2) is 73.7 Å². The number of aromatic nitrogens is 2.